The van der Waals surface area contributed by atoms with Gasteiger partial charge >= 0.3 is 0 Å². The molecule has 0 radical (unpaired) electrons. The highest BCUT2D eigenvalue weighted by Gasteiger charge is 2.31. The summed E-state index contributed by atoms with van der Waals surface area (Å²) in [7, 11) is 0. The smallest absolute Gasteiger partial charge is 0.125 e. The van der Waals surface area contributed by atoms with E-state index in [1.54, 1.807) is 6.07 Å². The van der Waals surface area contributed by atoms with E-state index >= 15 is 0 Å². The number of nitrogens with zero attached hydrogens (tertiary/aromatic N) is 1. The quantitative estimate of drug-likeness (QED) is 0.919. The first kappa shape index (κ1) is 14.8. The van der Waals surface area contributed by atoms with E-state index in [-0.39, 0.29) is 17.9 Å². The molecule has 0 bridgehead atoms. The average Bonchev–Trinajstić information content (AvgIpc) is 2.26. The van der Waals surface area contributed by atoms with Crippen LogP contribution in [-0.4, -0.2) is 24.0 Å². The zero-order valence-electron chi connectivity index (χ0n) is 11.6. The van der Waals surface area contributed by atoms with Crippen molar-refractivity contribution >= 4 is 11.6 Å². The fourth-order valence-electron chi connectivity index (χ4n) is 2.98. The fourth-order valence-corrected chi connectivity index (χ4v) is 3.21. The SMILES string of the molecule is CC(C)CN1CCCC(N)C1c1cc(F)cc(Cl)c1. The van der Waals surface area contributed by atoms with Gasteiger partial charge in [-0.2, -0.15) is 0 Å². The summed E-state index contributed by atoms with van der Waals surface area (Å²) < 4.78 is 13.6. The number of benzene rings is 1. The third-order valence-electron chi connectivity index (χ3n) is 3.61. The van der Waals surface area contributed by atoms with Crippen LogP contribution < -0.4 is 5.73 Å². The zero-order chi connectivity index (χ0) is 14.0. The lowest BCUT2D eigenvalue weighted by Crippen LogP contribution is -2.47. The number of halogens is 2. The summed E-state index contributed by atoms with van der Waals surface area (Å²) in [5, 5.41) is 0.442. The molecule has 1 aliphatic heterocycles. The van der Waals surface area contributed by atoms with E-state index in [4.69, 9.17) is 17.3 Å². The maximum atomic E-state index is 13.6. The van der Waals surface area contributed by atoms with E-state index in [1.807, 2.05) is 6.07 Å². The van der Waals surface area contributed by atoms with Crippen LogP contribution in [-0.2, 0) is 0 Å². The summed E-state index contributed by atoms with van der Waals surface area (Å²) in [6.07, 6.45) is 2.08. The number of rotatable bonds is 3. The Morgan fingerprint density at radius 2 is 2.16 bits per heavy atom. The van der Waals surface area contributed by atoms with Crippen LogP contribution in [0.15, 0.2) is 18.2 Å². The highest BCUT2D eigenvalue weighted by Crippen LogP contribution is 2.32. The summed E-state index contributed by atoms with van der Waals surface area (Å²) in [6.45, 7) is 6.38. The molecule has 1 aromatic rings. The van der Waals surface area contributed by atoms with Gasteiger partial charge in [-0.05, 0) is 49.1 Å². The molecule has 1 heterocycles. The minimum Gasteiger partial charge on any atom is -0.326 e. The summed E-state index contributed by atoms with van der Waals surface area (Å²) in [4.78, 5) is 2.37. The molecule has 0 aromatic heterocycles. The normalized spacial score (nSPS) is 24.9. The molecule has 0 spiro atoms. The van der Waals surface area contributed by atoms with E-state index in [2.05, 4.69) is 18.7 Å². The Morgan fingerprint density at radius 1 is 1.42 bits per heavy atom. The Morgan fingerprint density at radius 3 is 2.79 bits per heavy atom. The first-order chi connectivity index (χ1) is 8.97. The molecule has 2 unspecified atom stereocenters. The van der Waals surface area contributed by atoms with Crippen LogP contribution in [0.25, 0.3) is 0 Å². The van der Waals surface area contributed by atoms with Gasteiger partial charge in [0.1, 0.15) is 5.82 Å². The summed E-state index contributed by atoms with van der Waals surface area (Å²) in [5.74, 6) is 0.279. The molecule has 2 nitrogen and oxygen atoms in total. The molecule has 106 valence electrons. The van der Waals surface area contributed by atoms with E-state index in [0.717, 1.165) is 31.5 Å². The number of hydrogen-bond acceptors (Lipinski definition) is 2. The van der Waals surface area contributed by atoms with Crippen LogP contribution in [0.3, 0.4) is 0 Å². The minimum absolute atomic E-state index is 0.0466. The van der Waals surface area contributed by atoms with E-state index in [0.29, 0.717) is 10.9 Å². The molecule has 1 saturated heterocycles. The maximum absolute atomic E-state index is 13.6. The molecule has 0 amide bonds. The van der Waals surface area contributed by atoms with Crippen molar-refractivity contribution in [1.82, 2.24) is 4.90 Å². The Balaban J connectivity index is 2.30. The van der Waals surface area contributed by atoms with E-state index < -0.39 is 0 Å². The second-order valence-electron chi connectivity index (χ2n) is 5.84. The molecular weight excluding hydrogens is 263 g/mol. The number of hydrogen-bond donors (Lipinski definition) is 1. The lowest BCUT2D eigenvalue weighted by molar-refractivity contribution is 0.114. The molecule has 0 aliphatic carbocycles. The summed E-state index contributed by atoms with van der Waals surface area (Å²) in [5.41, 5.74) is 7.17. The van der Waals surface area contributed by atoms with Crippen LogP contribution in [0.5, 0.6) is 0 Å². The van der Waals surface area contributed by atoms with Crippen molar-refractivity contribution in [2.24, 2.45) is 11.7 Å². The second-order valence-corrected chi connectivity index (χ2v) is 6.28. The molecule has 0 saturated carbocycles. The minimum atomic E-state index is -0.287. The molecule has 1 fully saturated rings. The van der Waals surface area contributed by atoms with Crippen molar-refractivity contribution in [3.63, 3.8) is 0 Å². The van der Waals surface area contributed by atoms with Crippen LogP contribution in [0.1, 0.15) is 38.3 Å². The maximum Gasteiger partial charge on any atom is 0.125 e. The van der Waals surface area contributed by atoms with Crippen molar-refractivity contribution in [2.75, 3.05) is 13.1 Å². The summed E-state index contributed by atoms with van der Waals surface area (Å²) >= 11 is 5.97. The monoisotopic (exact) mass is 284 g/mol. The first-order valence-electron chi connectivity index (χ1n) is 6.93. The van der Waals surface area contributed by atoms with Gasteiger partial charge < -0.3 is 5.73 Å². The predicted octanol–water partition coefficient (Wildman–Crippen LogP) is 3.60. The summed E-state index contributed by atoms with van der Waals surface area (Å²) in [6, 6.07) is 4.87. The van der Waals surface area contributed by atoms with Crippen LogP contribution in [0.4, 0.5) is 4.39 Å². The topological polar surface area (TPSA) is 29.3 Å². The van der Waals surface area contributed by atoms with Gasteiger partial charge in [0.2, 0.25) is 0 Å². The Labute approximate surface area is 119 Å². The Bertz CT molecular complexity index is 416. The molecule has 19 heavy (non-hydrogen) atoms. The average molecular weight is 285 g/mol. The molecule has 1 aliphatic rings. The third kappa shape index (κ3) is 3.68. The van der Waals surface area contributed by atoms with Gasteiger partial charge in [-0.3, -0.25) is 4.90 Å². The molecule has 4 heteroatoms. The standard InChI is InChI=1S/C15H22ClFN2/c1-10(2)9-19-5-3-4-14(18)15(19)11-6-12(16)8-13(17)7-11/h6-8,10,14-15H,3-5,9,18H2,1-2H3. The Kier molecular flexibility index (Phi) is 4.82. The van der Waals surface area contributed by atoms with Gasteiger partial charge in [-0.15, -0.1) is 0 Å². The highest BCUT2D eigenvalue weighted by molar-refractivity contribution is 6.30. The van der Waals surface area contributed by atoms with Gasteiger partial charge in [-0.1, -0.05) is 25.4 Å². The Hall–Kier alpha value is -0.640. The van der Waals surface area contributed by atoms with Crippen LogP contribution in [0.2, 0.25) is 5.02 Å². The van der Waals surface area contributed by atoms with Crippen molar-refractivity contribution in [1.29, 1.82) is 0 Å². The first-order valence-corrected chi connectivity index (χ1v) is 7.31. The molecular formula is C15H22ClFN2. The van der Waals surface area contributed by atoms with E-state index in [1.165, 1.54) is 6.07 Å². The molecule has 2 N–H and O–H groups in total. The number of piperidine rings is 1. The van der Waals surface area contributed by atoms with Gasteiger partial charge in [0.15, 0.2) is 0 Å². The number of likely N-dealkylation sites (tertiary alicyclic amines) is 1. The van der Waals surface area contributed by atoms with Gasteiger partial charge in [0, 0.05) is 17.6 Å². The van der Waals surface area contributed by atoms with Crippen molar-refractivity contribution in [3.8, 4) is 0 Å². The predicted molar refractivity (Wildman–Crippen MR) is 77.8 cm³/mol. The van der Waals surface area contributed by atoms with Crippen LogP contribution >= 0.6 is 11.6 Å². The number of nitrogens with two attached hydrogens (primary N) is 1. The molecule has 1 aromatic carbocycles. The molecule has 2 atom stereocenters. The molecule has 2 rings (SSSR count). The second kappa shape index (κ2) is 6.21. The van der Waals surface area contributed by atoms with E-state index in [9.17, 15) is 4.39 Å². The lowest BCUT2D eigenvalue weighted by atomic mass is 9.90. The highest BCUT2D eigenvalue weighted by atomic mass is 35.5. The lowest BCUT2D eigenvalue weighted by Gasteiger charge is -2.41. The largest absolute Gasteiger partial charge is 0.326 e. The van der Waals surface area contributed by atoms with Gasteiger partial charge in [0.05, 0.1) is 6.04 Å². The van der Waals surface area contributed by atoms with Crippen molar-refractivity contribution < 1.29 is 4.39 Å². The van der Waals surface area contributed by atoms with Crippen molar-refractivity contribution in [3.05, 3.63) is 34.6 Å². The third-order valence-corrected chi connectivity index (χ3v) is 3.83. The fraction of sp³-hybridized carbons (Fsp3) is 0.600. The van der Waals surface area contributed by atoms with Gasteiger partial charge in [-0.25, -0.2) is 4.39 Å². The van der Waals surface area contributed by atoms with Crippen molar-refractivity contribution in [2.45, 2.75) is 38.8 Å². The zero-order valence-corrected chi connectivity index (χ0v) is 12.3. The van der Waals surface area contributed by atoms with Crippen LogP contribution in [0, 0.1) is 11.7 Å². The van der Waals surface area contributed by atoms with Gasteiger partial charge in [0.25, 0.3) is 0 Å².